The summed E-state index contributed by atoms with van der Waals surface area (Å²) in [5.74, 6) is -1.11. The Morgan fingerprint density at radius 3 is 2.83 bits per heavy atom. The molecule has 0 aliphatic heterocycles. The minimum absolute atomic E-state index is 0.0982. The van der Waals surface area contributed by atoms with E-state index in [0.29, 0.717) is 18.1 Å². The van der Waals surface area contributed by atoms with Crippen molar-refractivity contribution in [3.8, 4) is 0 Å². The van der Waals surface area contributed by atoms with Gasteiger partial charge in [0.1, 0.15) is 0 Å². The zero-order valence-electron chi connectivity index (χ0n) is 9.35. The maximum atomic E-state index is 12.3. The van der Waals surface area contributed by atoms with Crippen LogP contribution in [0.5, 0.6) is 0 Å². The number of nitrogens with zero attached hydrogens (tertiary/aromatic N) is 4. The summed E-state index contributed by atoms with van der Waals surface area (Å²) in [5, 5.41) is 7.02. The van der Waals surface area contributed by atoms with Crippen LogP contribution < -0.4 is 5.32 Å². The first-order valence-corrected chi connectivity index (χ1v) is 5.87. The van der Waals surface area contributed by atoms with Gasteiger partial charge in [-0.1, -0.05) is 0 Å². The molecule has 0 amide bonds. The van der Waals surface area contributed by atoms with Crippen LogP contribution in [-0.4, -0.2) is 25.2 Å². The fourth-order valence-electron chi connectivity index (χ4n) is 1.34. The lowest BCUT2D eigenvalue weighted by molar-refractivity contribution is -0.144. The number of halogens is 3. The van der Waals surface area contributed by atoms with Crippen LogP contribution in [-0.2, 0) is 12.7 Å². The van der Waals surface area contributed by atoms with E-state index < -0.39 is 12.0 Å². The van der Waals surface area contributed by atoms with Crippen molar-refractivity contribution >= 4 is 16.7 Å². The molecule has 2 heterocycles. The van der Waals surface area contributed by atoms with Crippen LogP contribution in [0.4, 0.5) is 18.3 Å². The molecule has 5 nitrogen and oxygen atoms in total. The average Bonchev–Trinajstić information content (AvgIpc) is 2.87. The molecule has 0 bridgehead atoms. The molecule has 1 atom stereocenters. The molecular weight excluding hydrogens is 267 g/mol. The van der Waals surface area contributed by atoms with Crippen molar-refractivity contribution < 1.29 is 13.2 Å². The lowest BCUT2D eigenvalue weighted by Crippen LogP contribution is -2.22. The first kappa shape index (κ1) is 12.8. The number of anilines is 1. The number of aromatic nitrogens is 4. The first-order chi connectivity index (χ1) is 8.45. The van der Waals surface area contributed by atoms with E-state index in [0.717, 1.165) is 0 Å². The Balaban J connectivity index is 1.95. The smallest absolute Gasteiger partial charge is 0.356 e. The molecule has 2 rings (SSSR count). The Kier molecular flexibility index (Phi) is 3.50. The van der Waals surface area contributed by atoms with E-state index in [1.165, 1.54) is 0 Å². The van der Waals surface area contributed by atoms with Gasteiger partial charge in [-0.3, -0.25) is 4.68 Å². The highest BCUT2D eigenvalue weighted by molar-refractivity contribution is 7.09. The molecule has 2 aromatic heterocycles. The Bertz CT molecular complexity index is 493. The second kappa shape index (κ2) is 4.92. The van der Waals surface area contributed by atoms with Gasteiger partial charge in [0.05, 0.1) is 6.54 Å². The van der Waals surface area contributed by atoms with E-state index in [1.807, 2.05) is 6.92 Å². The van der Waals surface area contributed by atoms with Crippen molar-refractivity contribution in [1.29, 1.82) is 0 Å². The van der Waals surface area contributed by atoms with Crippen molar-refractivity contribution in [2.24, 2.45) is 0 Å². The molecule has 1 N–H and O–H groups in total. The molecule has 0 aliphatic rings. The summed E-state index contributed by atoms with van der Waals surface area (Å²) in [6.07, 6.45) is -1.08. The maximum absolute atomic E-state index is 12.3. The van der Waals surface area contributed by atoms with Crippen LogP contribution >= 0.6 is 11.5 Å². The Morgan fingerprint density at radius 2 is 2.28 bits per heavy atom. The van der Waals surface area contributed by atoms with Crippen LogP contribution in [0.2, 0.25) is 0 Å². The highest BCUT2D eigenvalue weighted by Gasteiger charge is 2.36. The fourth-order valence-corrected chi connectivity index (χ4v) is 2.04. The molecule has 0 aliphatic carbocycles. The van der Waals surface area contributed by atoms with Gasteiger partial charge in [0, 0.05) is 30.0 Å². The molecule has 0 aromatic carbocycles. The zero-order valence-corrected chi connectivity index (χ0v) is 10.2. The van der Waals surface area contributed by atoms with Crippen molar-refractivity contribution in [2.75, 3.05) is 5.32 Å². The van der Waals surface area contributed by atoms with Crippen LogP contribution in [0.15, 0.2) is 18.5 Å². The molecule has 0 spiro atoms. The summed E-state index contributed by atoms with van der Waals surface area (Å²) >= 11 is 0.695. The minimum Gasteiger partial charge on any atom is -0.356 e. The van der Waals surface area contributed by atoms with E-state index in [-0.39, 0.29) is 11.2 Å². The third-order valence-electron chi connectivity index (χ3n) is 2.07. The lowest BCUT2D eigenvalue weighted by atomic mass is 10.3. The predicted molar refractivity (Wildman–Crippen MR) is 60.2 cm³/mol. The Hall–Kier alpha value is -1.64. The summed E-state index contributed by atoms with van der Waals surface area (Å²) in [7, 11) is 0. The zero-order chi connectivity index (χ0) is 13.2. The molecule has 0 fully saturated rings. The van der Waals surface area contributed by atoms with Crippen LogP contribution in [0.3, 0.4) is 0 Å². The molecule has 0 radical (unpaired) electrons. The molecule has 9 heteroatoms. The topological polar surface area (TPSA) is 55.6 Å². The standard InChI is InChI=1S/C9H10F3N5S/c1-6(5-17-4-2-3-13-17)14-8-15-7(16-18-8)9(10,11)12/h2-4,6H,5H2,1H3,(H,14,15,16)/t6-/m1/s1. The van der Waals surface area contributed by atoms with Crippen molar-refractivity contribution in [3.05, 3.63) is 24.3 Å². The van der Waals surface area contributed by atoms with E-state index in [1.54, 1.807) is 23.1 Å². The third-order valence-corrected chi connectivity index (χ3v) is 2.72. The lowest BCUT2D eigenvalue weighted by Gasteiger charge is -2.12. The highest BCUT2D eigenvalue weighted by Crippen LogP contribution is 2.29. The van der Waals surface area contributed by atoms with Gasteiger partial charge in [0.25, 0.3) is 0 Å². The average molecular weight is 277 g/mol. The largest absolute Gasteiger partial charge is 0.452 e. The molecule has 0 saturated carbocycles. The van der Waals surface area contributed by atoms with Crippen molar-refractivity contribution in [1.82, 2.24) is 19.1 Å². The van der Waals surface area contributed by atoms with Crippen molar-refractivity contribution in [2.45, 2.75) is 25.7 Å². The van der Waals surface area contributed by atoms with Gasteiger partial charge < -0.3 is 5.32 Å². The summed E-state index contributed by atoms with van der Waals surface area (Å²) < 4.78 is 41.8. The first-order valence-electron chi connectivity index (χ1n) is 5.10. The third kappa shape index (κ3) is 3.19. The number of alkyl halides is 3. The maximum Gasteiger partial charge on any atom is 0.452 e. The number of hydrogen-bond donors (Lipinski definition) is 1. The minimum atomic E-state index is -4.50. The monoisotopic (exact) mass is 277 g/mol. The summed E-state index contributed by atoms with van der Waals surface area (Å²) in [6.45, 7) is 2.37. The SMILES string of the molecule is C[C@H](Cn1cccn1)Nc1nc(C(F)(F)F)ns1. The summed E-state index contributed by atoms with van der Waals surface area (Å²) in [6, 6.07) is 1.68. The Morgan fingerprint density at radius 1 is 1.50 bits per heavy atom. The van der Waals surface area contributed by atoms with Crippen LogP contribution in [0.1, 0.15) is 12.7 Å². The van der Waals surface area contributed by atoms with Gasteiger partial charge >= 0.3 is 6.18 Å². The highest BCUT2D eigenvalue weighted by atomic mass is 32.1. The van der Waals surface area contributed by atoms with Gasteiger partial charge in [-0.2, -0.15) is 27.6 Å². The molecular formula is C9H10F3N5S. The fraction of sp³-hybridized carbons (Fsp3) is 0.444. The van der Waals surface area contributed by atoms with Crippen LogP contribution in [0, 0.1) is 0 Å². The molecule has 0 saturated heterocycles. The normalized spacial score (nSPS) is 13.6. The number of rotatable bonds is 4. The number of nitrogens with one attached hydrogen (secondary N) is 1. The molecule has 2 aromatic rings. The van der Waals surface area contributed by atoms with Gasteiger partial charge in [0.2, 0.25) is 11.0 Å². The molecule has 18 heavy (non-hydrogen) atoms. The predicted octanol–water partition coefficient (Wildman–Crippen LogP) is 2.25. The van der Waals surface area contributed by atoms with Gasteiger partial charge in [-0.15, -0.1) is 0 Å². The second-order valence-corrected chi connectivity index (χ2v) is 4.45. The van der Waals surface area contributed by atoms with Gasteiger partial charge in [-0.05, 0) is 13.0 Å². The molecule has 0 unspecified atom stereocenters. The van der Waals surface area contributed by atoms with Crippen molar-refractivity contribution in [3.63, 3.8) is 0 Å². The van der Waals surface area contributed by atoms with E-state index in [4.69, 9.17) is 0 Å². The van der Waals surface area contributed by atoms with Crippen LogP contribution in [0.25, 0.3) is 0 Å². The van der Waals surface area contributed by atoms with Gasteiger partial charge in [0.15, 0.2) is 0 Å². The van der Waals surface area contributed by atoms with E-state index in [2.05, 4.69) is 19.8 Å². The van der Waals surface area contributed by atoms with Gasteiger partial charge in [-0.25, -0.2) is 0 Å². The molecule has 98 valence electrons. The second-order valence-electron chi connectivity index (χ2n) is 3.69. The number of hydrogen-bond acceptors (Lipinski definition) is 5. The quantitative estimate of drug-likeness (QED) is 0.931. The summed E-state index contributed by atoms with van der Waals surface area (Å²) in [5.41, 5.74) is 0. The van der Waals surface area contributed by atoms with E-state index >= 15 is 0 Å². The summed E-state index contributed by atoms with van der Waals surface area (Å²) in [4.78, 5) is 3.39. The van der Waals surface area contributed by atoms with E-state index in [9.17, 15) is 13.2 Å². The Labute approximate surface area is 105 Å².